The van der Waals surface area contributed by atoms with Gasteiger partial charge in [0.05, 0.1) is 12.2 Å². The Kier molecular flexibility index (Phi) is 11.3. The van der Waals surface area contributed by atoms with Gasteiger partial charge in [-0.1, -0.05) is 32.9 Å². The molecule has 1 heterocycles. The van der Waals surface area contributed by atoms with Gasteiger partial charge < -0.3 is 20.1 Å². The molecule has 1 unspecified atom stereocenters. The first-order valence-electron chi connectivity index (χ1n) is 8.39. The Morgan fingerprint density at radius 1 is 1.25 bits per heavy atom. The molecule has 0 bridgehead atoms. The molecule has 140 valence electrons. The number of aliphatic imine (C=N–C) groups is 1. The maximum absolute atomic E-state index is 5.33. The average Bonchev–Trinajstić information content (AvgIpc) is 2.94. The third-order valence-electron chi connectivity index (χ3n) is 3.80. The summed E-state index contributed by atoms with van der Waals surface area (Å²) in [7, 11) is 6.02. The van der Waals surface area contributed by atoms with Crippen molar-refractivity contribution in [3.05, 3.63) is 17.5 Å². The maximum atomic E-state index is 5.33. The molecule has 1 rings (SSSR count). The lowest BCUT2D eigenvalue weighted by atomic mass is 10.0. The van der Waals surface area contributed by atoms with Gasteiger partial charge in [0.1, 0.15) is 0 Å². The van der Waals surface area contributed by atoms with Crippen LogP contribution in [0.5, 0.6) is 0 Å². The van der Waals surface area contributed by atoms with E-state index in [1.807, 2.05) is 6.07 Å². The zero-order valence-electron chi connectivity index (χ0n) is 16.1. The van der Waals surface area contributed by atoms with Crippen molar-refractivity contribution < 1.29 is 4.52 Å². The summed E-state index contributed by atoms with van der Waals surface area (Å²) in [6.45, 7) is 10.1. The van der Waals surface area contributed by atoms with Crippen molar-refractivity contribution in [1.82, 2.24) is 20.7 Å². The SMILES string of the molecule is CN=C(NCc1cc(C(C)C)no1)NCC(CC(C)C)N(C)C.I. The second-order valence-corrected chi connectivity index (χ2v) is 6.93. The summed E-state index contributed by atoms with van der Waals surface area (Å²) >= 11 is 0. The molecule has 0 spiro atoms. The van der Waals surface area contributed by atoms with Gasteiger partial charge in [0.2, 0.25) is 0 Å². The minimum absolute atomic E-state index is 0. The van der Waals surface area contributed by atoms with E-state index in [0.717, 1.165) is 30.4 Å². The highest BCUT2D eigenvalue weighted by Crippen LogP contribution is 2.13. The van der Waals surface area contributed by atoms with Gasteiger partial charge in [0.25, 0.3) is 0 Å². The highest BCUT2D eigenvalue weighted by atomic mass is 127. The molecule has 0 aliphatic rings. The van der Waals surface area contributed by atoms with Gasteiger partial charge in [0.15, 0.2) is 11.7 Å². The molecule has 0 radical (unpaired) electrons. The average molecular weight is 451 g/mol. The zero-order chi connectivity index (χ0) is 17.4. The topological polar surface area (TPSA) is 65.7 Å². The number of halogens is 1. The van der Waals surface area contributed by atoms with Gasteiger partial charge in [-0.05, 0) is 32.4 Å². The molecule has 0 aliphatic carbocycles. The number of hydrogen-bond acceptors (Lipinski definition) is 4. The van der Waals surface area contributed by atoms with Gasteiger partial charge in [0, 0.05) is 25.7 Å². The Bertz CT molecular complexity index is 485. The molecule has 0 saturated heterocycles. The van der Waals surface area contributed by atoms with Gasteiger partial charge in [-0.2, -0.15) is 0 Å². The third kappa shape index (κ3) is 8.32. The highest BCUT2D eigenvalue weighted by molar-refractivity contribution is 14.0. The number of guanidine groups is 1. The van der Waals surface area contributed by atoms with Gasteiger partial charge in [-0.3, -0.25) is 4.99 Å². The molecule has 1 aromatic rings. The monoisotopic (exact) mass is 451 g/mol. The van der Waals surface area contributed by atoms with E-state index < -0.39 is 0 Å². The second kappa shape index (κ2) is 11.7. The van der Waals surface area contributed by atoms with Crippen LogP contribution in [0.4, 0.5) is 0 Å². The van der Waals surface area contributed by atoms with Crippen LogP contribution in [0.2, 0.25) is 0 Å². The summed E-state index contributed by atoms with van der Waals surface area (Å²) in [6, 6.07) is 2.47. The molecule has 24 heavy (non-hydrogen) atoms. The molecular formula is C17H34IN5O. The molecule has 1 aromatic heterocycles. The van der Waals surface area contributed by atoms with E-state index in [9.17, 15) is 0 Å². The van der Waals surface area contributed by atoms with Crippen molar-refractivity contribution in [3.63, 3.8) is 0 Å². The Labute approximate surface area is 163 Å². The summed E-state index contributed by atoms with van der Waals surface area (Å²) in [5.74, 6) is 2.65. The number of nitrogens with zero attached hydrogens (tertiary/aromatic N) is 3. The predicted molar refractivity (Wildman–Crippen MR) is 111 cm³/mol. The predicted octanol–water partition coefficient (Wildman–Crippen LogP) is 3.06. The molecule has 2 N–H and O–H groups in total. The van der Waals surface area contributed by atoms with Crippen LogP contribution in [0, 0.1) is 5.92 Å². The lowest BCUT2D eigenvalue weighted by Gasteiger charge is -2.27. The lowest BCUT2D eigenvalue weighted by Crippen LogP contribution is -2.45. The summed E-state index contributed by atoms with van der Waals surface area (Å²) < 4.78 is 5.33. The van der Waals surface area contributed by atoms with Crippen LogP contribution in [0.25, 0.3) is 0 Å². The highest BCUT2D eigenvalue weighted by Gasteiger charge is 2.14. The normalized spacial score (nSPS) is 13.3. The fraction of sp³-hybridized carbons (Fsp3) is 0.765. The number of nitrogens with one attached hydrogen (secondary N) is 2. The molecular weight excluding hydrogens is 417 g/mol. The number of rotatable bonds is 8. The Hall–Kier alpha value is -0.830. The van der Waals surface area contributed by atoms with Crippen molar-refractivity contribution in [2.24, 2.45) is 10.9 Å². The standard InChI is InChI=1S/C17H33N5O.HI/c1-12(2)8-14(22(6)7)10-19-17(18-5)20-11-15-9-16(13(3)4)21-23-15;/h9,12-14H,8,10-11H2,1-7H3,(H2,18,19,20);1H. The van der Waals surface area contributed by atoms with Crippen LogP contribution in [0.1, 0.15) is 51.5 Å². The maximum Gasteiger partial charge on any atom is 0.191 e. The van der Waals surface area contributed by atoms with E-state index in [1.165, 1.54) is 0 Å². The van der Waals surface area contributed by atoms with E-state index in [2.05, 4.69) is 67.5 Å². The van der Waals surface area contributed by atoms with E-state index >= 15 is 0 Å². The van der Waals surface area contributed by atoms with Crippen molar-refractivity contribution in [2.45, 2.75) is 52.6 Å². The first kappa shape index (κ1) is 23.2. The fourth-order valence-corrected chi connectivity index (χ4v) is 2.31. The summed E-state index contributed by atoms with van der Waals surface area (Å²) in [5.41, 5.74) is 0.981. The van der Waals surface area contributed by atoms with Gasteiger partial charge >= 0.3 is 0 Å². The van der Waals surface area contributed by atoms with Crippen molar-refractivity contribution >= 4 is 29.9 Å². The van der Waals surface area contributed by atoms with Crippen LogP contribution < -0.4 is 10.6 Å². The van der Waals surface area contributed by atoms with Crippen LogP contribution in [0.3, 0.4) is 0 Å². The van der Waals surface area contributed by atoms with Crippen LogP contribution >= 0.6 is 24.0 Å². The molecule has 1 atom stereocenters. The molecule has 0 aromatic carbocycles. The largest absolute Gasteiger partial charge is 0.359 e. The quantitative estimate of drug-likeness (QED) is 0.362. The first-order chi connectivity index (χ1) is 10.8. The van der Waals surface area contributed by atoms with Gasteiger partial charge in [-0.25, -0.2) is 0 Å². The Morgan fingerprint density at radius 2 is 1.92 bits per heavy atom. The molecule has 7 heteroatoms. The zero-order valence-corrected chi connectivity index (χ0v) is 18.4. The van der Waals surface area contributed by atoms with E-state index in [1.54, 1.807) is 7.05 Å². The van der Waals surface area contributed by atoms with Crippen LogP contribution in [-0.4, -0.2) is 49.7 Å². The fourth-order valence-electron chi connectivity index (χ4n) is 2.31. The molecule has 6 nitrogen and oxygen atoms in total. The second-order valence-electron chi connectivity index (χ2n) is 6.93. The molecule has 0 fully saturated rings. The molecule has 0 aliphatic heterocycles. The smallest absolute Gasteiger partial charge is 0.191 e. The first-order valence-corrected chi connectivity index (χ1v) is 8.39. The van der Waals surface area contributed by atoms with Crippen molar-refractivity contribution in [2.75, 3.05) is 27.7 Å². The summed E-state index contributed by atoms with van der Waals surface area (Å²) in [5, 5.41) is 10.7. The molecule has 0 amide bonds. The van der Waals surface area contributed by atoms with Crippen LogP contribution in [-0.2, 0) is 6.54 Å². The number of hydrogen-bond donors (Lipinski definition) is 2. The van der Waals surface area contributed by atoms with Crippen molar-refractivity contribution in [1.29, 1.82) is 0 Å². The summed E-state index contributed by atoms with van der Waals surface area (Å²) in [6.07, 6.45) is 1.15. The Morgan fingerprint density at radius 3 is 2.38 bits per heavy atom. The lowest BCUT2D eigenvalue weighted by molar-refractivity contribution is 0.254. The van der Waals surface area contributed by atoms with Crippen molar-refractivity contribution in [3.8, 4) is 0 Å². The number of aromatic nitrogens is 1. The number of likely N-dealkylation sites (N-methyl/N-ethyl adjacent to an activating group) is 1. The van der Waals surface area contributed by atoms with E-state index in [0.29, 0.717) is 24.4 Å². The summed E-state index contributed by atoms with van der Waals surface area (Å²) in [4.78, 5) is 6.52. The minimum atomic E-state index is 0. The third-order valence-corrected chi connectivity index (χ3v) is 3.80. The van der Waals surface area contributed by atoms with E-state index in [4.69, 9.17) is 4.52 Å². The Balaban J connectivity index is 0.00000529. The van der Waals surface area contributed by atoms with E-state index in [-0.39, 0.29) is 24.0 Å². The minimum Gasteiger partial charge on any atom is -0.359 e. The van der Waals surface area contributed by atoms with Crippen LogP contribution in [0.15, 0.2) is 15.6 Å². The van der Waals surface area contributed by atoms with Gasteiger partial charge in [-0.15, -0.1) is 24.0 Å². The molecule has 0 saturated carbocycles.